The molecule has 0 amide bonds. The van der Waals surface area contributed by atoms with Crippen molar-refractivity contribution in [3.8, 4) is 6.07 Å². The number of carbonyl (C=O) groups excluding carboxylic acids is 1. The van der Waals surface area contributed by atoms with E-state index in [0.29, 0.717) is 10.7 Å². The Morgan fingerprint density at radius 2 is 2.38 bits per heavy atom. The van der Waals surface area contributed by atoms with E-state index in [2.05, 4.69) is 10.1 Å². The van der Waals surface area contributed by atoms with Gasteiger partial charge in [0.15, 0.2) is 5.57 Å². The lowest BCUT2D eigenvalue weighted by atomic mass is 10.3. The number of methoxy groups -OCH3 is 1. The van der Waals surface area contributed by atoms with Crippen molar-refractivity contribution in [2.24, 2.45) is 0 Å². The fraction of sp³-hybridized carbons (Fsp3) is 0.0909. The third-order valence-corrected chi connectivity index (χ3v) is 1.97. The Bertz CT molecular complexity index is 463. The number of esters is 1. The summed E-state index contributed by atoms with van der Waals surface area (Å²) in [6, 6.07) is 8.64. The van der Waals surface area contributed by atoms with Crippen LogP contribution in [0.3, 0.4) is 0 Å². The molecule has 4 nitrogen and oxygen atoms in total. The predicted octanol–water partition coefficient (Wildman–Crippen LogP) is 2.33. The molecule has 82 valence electrons. The zero-order chi connectivity index (χ0) is 12.0. The molecule has 0 heterocycles. The van der Waals surface area contributed by atoms with Crippen molar-refractivity contribution in [2.45, 2.75) is 0 Å². The van der Waals surface area contributed by atoms with Crippen LogP contribution in [0.25, 0.3) is 0 Å². The van der Waals surface area contributed by atoms with Gasteiger partial charge in [-0.15, -0.1) is 0 Å². The maximum atomic E-state index is 11.1. The van der Waals surface area contributed by atoms with Crippen molar-refractivity contribution in [1.82, 2.24) is 0 Å². The number of hydrogen-bond acceptors (Lipinski definition) is 4. The number of ether oxygens (including phenoxy) is 1. The van der Waals surface area contributed by atoms with Crippen molar-refractivity contribution in [3.63, 3.8) is 0 Å². The van der Waals surface area contributed by atoms with Crippen molar-refractivity contribution >= 4 is 23.3 Å². The first-order valence-electron chi connectivity index (χ1n) is 4.38. The molecule has 0 aliphatic carbocycles. The van der Waals surface area contributed by atoms with Gasteiger partial charge in [0.2, 0.25) is 0 Å². The number of benzene rings is 1. The molecule has 1 rings (SSSR count). The van der Waals surface area contributed by atoms with E-state index in [1.165, 1.54) is 13.3 Å². The van der Waals surface area contributed by atoms with Crippen LogP contribution < -0.4 is 5.32 Å². The lowest BCUT2D eigenvalue weighted by molar-refractivity contribution is -0.135. The Balaban J connectivity index is 2.79. The summed E-state index contributed by atoms with van der Waals surface area (Å²) in [5.74, 6) is -0.683. The molecule has 16 heavy (non-hydrogen) atoms. The molecule has 0 atom stereocenters. The van der Waals surface area contributed by atoms with E-state index in [1.807, 2.05) is 0 Å². The van der Waals surface area contributed by atoms with Gasteiger partial charge in [-0.2, -0.15) is 5.26 Å². The van der Waals surface area contributed by atoms with Crippen molar-refractivity contribution in [1.29, 1.82) is 5.26 Å². The second kappa shape index (κ2) is 5.79. The van der Waals surface area contributed by atoms with Crippen molar-refractivity contribution < 1.29 is 9.53 Å². The Morgan fingerprint density at radius 1 is 1.62 bits per heavy atom. The Labute approximate surface area is 98.1 Å². The highest BCUT2D eigenvalue weighted by molar-refractivity contribution is 6.30. The van der Waals surface area contributed by atoms with Gasteiger partial charge in [-0.25, -0.2) is 4.79 Å². The number of nitrogens with one attached hydrogen (secondary N) is 1. The van der Waals surface area contributed by atoms with Crippen molar-refractivity contribution in [3.05, 3.63) is 41.1 Å². The van der Waals surface area contributed by atoms with Gasteiger partial charge < -0.3 is 10.1 Å². The molecule has 5 heteroatoms. The van der Waals surface area contributed by atoms with Crippen LogP contribution in [-0.4, -0.2) is 13.1 Å². The topological polar surface area (TPSA) is 62.1 Å². The van der Waals surface area contributed by atoms with E-state index >= 15 is 0 Å². The molecule has 1 aromatic rings. The Morgan fingerprint density at radius 3 is 2.94 bits per heavy atom. The third-order valence-electron chi connectivity index (χ3n) is 1.73. The third kappa shape index (κ3) is 3.30. The highest BCUT2D eigenvalue weighted by atomic mass is 35.5. The van der Waals surface area contributed by atoms with E-state index in [4.69, 9.17) is 16.9 Å². The summed E-state index contributed by atoms with van der Waals surface area (Å²) in [5, 5.41) is 12.0. The minimum absolute atomic E-state index is 0.109. The lowest BCUT2D eigenvalue weighted by Crippen LogP contribution is -2.05. The zero-order valence-electron chi connectivity index (χ0n) is 8.53. The minimum atomic E-state index is -0.683. The highest BCUT2D eigenvalue weighted by Gasteiger charge is 2.07. The first kappa shape index (κ1) is 12.1. The summed E-state index contributed by atoms with van der Waals surface area (Å²) in [5.41, 5.74) is 0.576. The number of anilines is 1. The normalized spacial score (nSPS) is 10.4. The van der Waals surface area contributed by atoms with Gasteiger partial charge in [0.25, 0.3) is 0 Å². The van der Waals surface area contributed by atoms with Crippen LogP contribution in [-0.2, 0) is 9.53 Å². The molecular weight excluding hydrogens is 228 g/mol. The molecule has 0 radical (unpaired) electrons. The van der Waals surface area contributed by atoms with Crippen LogP contribution in [0.2, 0.25) is 5.02 Å². The van der Waals surface area contributed by atoms with E-state index in [-0.39, 0.29) is 5.57 Å². The molecule has 0 bridgehead atoms. The number of nitriles is 1. The smallest absolute Gasteiger partial charge is 0.350 e. The first-order valence-corrected chi connectivity index (χ1v) is 4.76. The summed E-state index contributed by atoms with van der Waals surface area (Å²) < 4.78 is 4.42. The molecule has 0 aliphatic heterocycles. The molecule has 0 aliphatic rings. The Kier molecular flexibility index (Phi) is 4.37. The fourth-order valence-corrected chi connectivity index (χ4v) is 1.17. The van der Waals surface area contributed by atoms with Gasteiger partial charge in [0, 0.05) is 16.9 Å². The van der Waals surface area contributed by atoms with Crippen LogP contribution in [0.5, 0.6) is 0 Å². The molecule has 0 fully saturated rings. The van der Waals surface area contributed by atoms with Gasteiger partial charge >= 0.3 is 5.97 Å². The second-order valence-electron chi connectivity index (χ2n) is 2.82. The largest absolute Gasteiger partial charge is 0.465 e. The highest BCUT2D eigenvalue weighted by Crippen LogP contribution is 2.15. The molecule has 1 N–H and O–H groups in total. The number of carbonyl (C=O) groups is 1. The summed E-state index contributed by atoms with van der Waals surface area (Å²) in [6.07, 6.45) is 1.28. The number of nitrogens with zero attached hydrogens (tertiary/aromatic N) is 1. The number of hydrogen-bond donors (Lipinski definition) is 1. The monoisotopic (exact) mass is 236 g/mol. The molecule has 1 aromatic carbocycles. The predicted molar refractivity (Wildman–Crippen MR) is 60.8 cm³/mol. The van der Waals surface area contributed by atoms with Crippen LogP contribution in [0, 0.1) is 11.3 Å². The maximum absolute atomic E-state index is 11.1. The van der Waals surface area contributed by atoms with Crippen LogP contribution >= 0.6 is 11.6 Å². The minimum Gasteiger partial charge on any atom is -0.465 e. The van der Waals surface area contributed by atoms with E-state index < -0.39 is 5.97 Å². The number of rotatable bonds is 3. The van der Waals surface area contributed by atoms with Gasteiger partial charge in [0.05, 0.1) is 7.11 Å². The van der Waals surface area contributed by atoms with Gasteiger partial charge in [-0.3, -0.25) is 0 Å². The molecule has 0 saturated carbocycles. The van der Waals surface area contributed by atoms with Gasteiger partial charge in [-0.1, -0.05) is 17.7 Å². The van der Waals surface area contributed by atoms with Crippen LogP contribution in [0.1, 0.15) is 0 Å². The van der Waals surface area contributed by atoms with E-state index in [0.717, 1.165) is 0 Å². The molecular formula is C11H9ClN2O2. The van der Waals surface area contributed by atoms with E-state index in [1.54, 1.807) is 30.3 Å². The lowest BCUT2D eigenvalue weighted by Gasteiger charge is -2.01. The first-order chi connectivity index (χ1) is 7.67. The number of halogens is 1. The average molecular weight is 237 g/mol. The zero-order valence-corrected chi connectivity index (χ0v) is 9.28. The van der Waals surface area contributed by atoms with Gasteiger partial charge in [0.1, 0.15) is 6.07 Å². The van der Waals surface area contributed by atoms with Crippen molar-refractivity contribution in [2.75, 3.05) is 12.4 Å². The fourth-order valence-electron chi connectivity index (χ4n) is 0.981. The maximum Gasteiger partial charge on any atom is 0.350 e. The van der Waals surface area contributed by atoms with Gasteiger partial charge in [-0.05, 0) is 18.2 Å². The van der Waals surface area contributed by atoms with Crippen LogP contribution in [0.15, 0.2) is 36.0 Å². The summed E-state index contributed by atoms with van der Waals surface area (Å²) >= 11 is 5.77. The SMILES string of the molecule is COC(=O)/C(C#N)=C\Nc1cccc(Cl)c1. The molecule has 0 saturated heterocycles. The quantitative estimate of drug-likeness (QED) is 0.497. The average Bonchev–Trinajstić information content (AvgIpc) is 2.29. The van der Waals surface area contributed by atoms with Crippen LogP contribution in [0.4, 0.5) is 5.69 Å². The standard InChI is InChI=1S/C11H9ClN2O2/c1-16-11(15)8(6-13)7-14-10-4-2-3-9(12)5-10/h2-5,7,14H,1H3/b8-7-. The molecule has 0 aromatic heterocycles. The van der Waals surface area contributed by atoms with E-state index in [9.17, 15) is 4.79 Å². The summed E-state index contributed by atoms with van der Waals surface area (Å²) in [7, 11) is 1.22. The molecule has 0 unspecified atom stereocenters. The second-order valence-corrected chi connectivity index (χ2v) is 3.25. The summed E-state index contributed by atoms with van der Waals surface area (Å²) in [4.78, 5) is 11.1. The Hall–Kier alpha value is -1.99. The summed E-state index contributed by atoms with van der Waals surface area (Å²) in [6.45, 7) is 0. The molecule has 0 spiro atoms.